The fraction of sp³-hybridized carbons (Fsp3) is 0.136. The van der Waals surface area contributed by atoms with E-state index in [1.807, 2.05) is 0 Å². The number of ether oxygens (including phenoxy) is 1. The van der Waals surface area contributed by atoms with E-state index in [2.05, 4.69) is 15.6 Å². The van der Waals surface area contributed by atoms with Crippen molar-refractivity contribution in [3.8, 4) is 5.75 Å². The number of halogens is 1. The van der Waals surface area contributed by atoms with Gasteiger partial charge in [0.2, 0.25) is 0 Å². The van der Waals surface area contributed by atoms with Gasteiger partial charge in [-0.25, -0.2) is 4.39 Å². The molecule has 29 heavy (non-hydrogen) atoms. The molecule has 0 atom stereocenters. The molecule has 0 radical (unpaired) electrons. The number of carbonyl (C=O) groups is 2. The number of nitrogens with one attached hydrogen (secondary N) is 2. The van der Waals surface area contributed by atoms with Gasteiger partial charge in [0.05, 0.1) is 12.8 Å². The molecule has 7 heteroatoms. The molecular weight excluding hydrogens is 373 g/mol. The van der Waals surface area contributed by atoms with Gasteiger partial charge in [-0.2, -0.15) is 0 Å². The van der Waals surface area contributed by atoms with Crippen LogP contribution in [0.3, 0.4) is 0 Å². The number of benzene rings is 2. The Kier molecular flexibility index (Phi) is 6.52. The predicted octanol–water partition coefficient (Wildman–Crippen LogP) is 3.45. The lowest BCUT2D eigenvalue weighted by atomic mass is 10.1. The van der Waals surface area contributed by atoms with E-state index in [4.69, 9.17) is 4.74 Å². The number of para-hydroxylation sites is 2. The second kappa shape index (κ2) is 9.45. The summed E-state index contributed by atoms with van der Waals surface area (Å²) in [5.41, 5.74) is 1.86. The number of anilines is 1. The highest BCUT2D eigenvalue weighted by Crippen LogP contribution is 2.23. The fourth-order valence-corrected chi connectivity index (χ4v) is 2.70. The maximum atomic E-state index is 12.9. The lowest BCUT2D eigenvalue weighted by Gasteiger charge is -2.10. The Balaban J connectivity index is 1.61. The van der Waals surface area contributed by atoms with Crippen LogP contribution in [0.4, 0.5) is 10.1 Å². The zero-order chi connectivity index (χ0) is 20.6. The lowest BCUT2D eigenvalue weighted by molar-refractivity contribution is 0.0954. The molecule has 1 heterocycles. The smallest absolute Gasteiger partial charge is 0.274 e. The third-order valence-electron chi connectivity index (χ3n) is 4.22. The summed E-state index contributed by atoms with van der Waals surface area (Å²) in [5, 5.41) is 5.51. The molecular formula is C22H20FN3O3. The normalized spacial score (nSPS) is 10.3. The van der Waals surface area contributed by atoms with Gasteiger partial charge in [0.25, 0.3) is 11.8 Å². The van der Waals surface area contributed by atoms with Gasteiger partial charge in [0.15, 0.2) is 0 Å². The molecule has 2 N–H and O–H groups in total. The molecule has 0 saturated heterocycles. The quantitative estimate of drug-likeness (QED) is 0.644. The van der Waals surface area contributed by atoms with Gasteiger partial charge >= 0.3 is 0 Å². The van der Waals surface area contributed by atoms with Crippen molar-refractivity contribution in [3.63, 3.8) is 0 Å². The Morgan fingerprint density at radius 2 is 1.79 bits per heavy atom. The van der Waals surface area contributed by atoms with Crippen LogP contribution in [0.5, 0.6) is 5.75 Å². The van der Waals surface area contributed by atoms with Crippen LogP contribution >= 0.6 is 0 Å². The lowest BCUT2D eigenvalue weighted by Crippen LogP contribution is -2.26. The number of nitrogens with zero attached hydrogens (tertiary/aromatic N) is 1. The van der Waals surface area contributed by atoms with E-state index in [0.717, 1.165) is 5.56 Å². The first-order valence-electron chi connectivity index (χ1n) is 9.00. The van der Waals surface area contributed by atoms with Crippen molar-refractivity contribution in [1.82, 2.24) is 10.3 Å². The molecule has 0 saturated carbocycles. The first kappa shape index (κ1) is 20.0. The van der Waals surface area contributed by atoms with Crippen molar-refractivity contribution in [2.45, 2.75) is 6.42 Å². The first-order chi connectivity index (χ1) is 14.1. The van der Waals surface area contributed by atoms with Crippen LogP contribution in [-0.4, -0.2) is 30.5 Å². The highest BCUT2D eigenvalue weighted by molar-refractivity contribution is 6.05. The standard InChI is InChI=1S/C22H20FN3O3/c1-29-20-5-3-2-4-18(20)26-22(28)19-14-16(11-13-24-19)21(27)25-12-10-15-6-8-17(23)9-7-15/h2-9,11,13-14H,10,12H2,1H3,(H,25,27)(H,26,28). The van der Waals surface area contributed by atoms with Crippen molar-refractivity contribution in [1.29, 1.82) is 0 Å². The molecule has 6 nitrogen and oxygen atoms in total. The number of hydrogen-bond donors (Lipinski definition) is 2. The van der Waals surface area contributed by atoms with Crippen LogP contribution in [0, 0.1) is 5.82 Å². The average Bonchev–Trinajstić information content (AvgIpc) is 2.75. The highest BCUT2D eigenvalue weighted by atomic mass is 19.1. The third kappa shape index (κ3) is 5.38. The van der Waals surface area contributed by atoms with Crippen LogP contribution in [-0.2, 0) is 6.42 Å². The van der Waals surface area contributed by atoms with Crippen molar-refractivity contribution < 1.29 is 18.7 Å². The van der Waals surface area contributed by atoms with Crippen LogP contribution in [0.2, 0.25) is 0 Å². The van der Waals surface area contributed by atoms with Gasteiger partial charge in [0.1, 0.15) is 17.3 Å². The molecule has 0 unspecified atom stereocenters. The van der Waals surface area contributed by atoms with Crippen LogP contribution < -0.4 is 15.4 Å². The van der Waals surface area contributed by atoms with E-state index >= 15 is 0 Å². The van der Waals surface area contributed by atoms with E-state index in [0.29, 0.717) is 30.0 Å². The summed E-state index contributed by atoms with van der Waals surface area (Å²) in [6.45, 7) is 0.384. The van der Waals surface area contributed by atoms with Gasteiger partial charge in [-0.05, 0) is 48.4 Å². The first-order valence-corrected chi connectivity index (χ1v) is 9.00. The minimum absolute atomic E-state index is 0.113. The molecule has 1 aromatic heterocycles. The molecule has 148 valence electrons. The number of methoxy groups -OCH3 is 1. The van der Waals surface area contributed by atoms with Gasteiger partial charge in [-0.3, -0.25) is 14.6 Å². The molecule has 0 aliphatic carbocycles. The zero-order valence-electron chi connectivity index (χ0n) is 15.8. The molecule has 0 fully saturated rings. The SMILES string of the molecule is COc1ccccc1NC(=O)c1cc(C(=O)NCCc2ccc(F)cc2)ccn1. The molecule has 3 rings (SSSR count). The summed E-state index contributed by atoms with van der Waals surface area (Å²) >= 11 is 0. The third-order valence-corrected chi connectivity index (χ3v) is 4.22. The summed E-state index contributed by atoms with van der Waals surface area (Å²) in [5.74, 6) is -0.541. The maximum absolute atomic E-state index is 12.9. The predicted molar refractivity (Wildman–Crippen MR) is 108 cm³/mol. The van der Waals surface area contributed by atoms with Crippen molar-refractivity contribution in [2.24, 2.45) is 0 Å². The largest absolute Gasteiger partial charge is 0.495 e. The van der Waals surface area contributed by atoms with E-state index in [9.17, 15) is 14.0 Å². The van der Waals surface area contributed by atoms with Crippen LogP contribution in [0.15, 0.2) is 66.9 Å². The Morgan fingerprint density at radius 3 is 2.55 bits per heavy atom. The minimum Gasteiger partial charge on any atom is -0.495 e. The molecule has 0 bridgehead atoms. The van der Waals surface area contributed by atoms with Crippen LogP contribution in [0.1, 0.15) is 26.4 Å². The van der Waals surface area contributed by atoms with E-state index < -0.39 is 5.91 Å². The average molecular weight is 393 g/mol. The number of aromatic nitrogens is 1. The van der Waals surface area contributed by atoms with E-state index in [-0.39, 0.29) is 17.4 Å². The Morgan fingerprint density at radius 1 is 1.03 bits per heavy atom. The number of carbonyl (C=O) groups excluding carboxylic acids is 2. The van der Waals surface area contributed by atoms with E-state index in [1.54, 1.807) is 36.4 Å². The Hall–Kier alpha value is -3.74. The van der Waals surface area contributed by atoms with Crippen LogP contribution in [0.25, 0.3) is 0 Å². The summed E-state index contributed by atoms with van der Waals surface area (Å²) in [6, 6.07) is 16.1. The summed E-state index contributed by atoms with van der Waals surface area (Å²) in [6.07, 6.45) is 1.98. The molecule has 2 amide bonds. The molecule has 0 aliphatic rings. The Bertz CT molecular complexity index is 1010. The topological polar surface area (TPSA) is 80.3 Å². The molecule has 3 aromatic rings. The highest BCUT2D eigenvalue weighted by Gasteiger charge is 2.13. The van der Waals surface area contributed by atoms with Crippen molar-refractivity contribution >= 4 is 17.5 Å². The number of pyridine rings is 1. The van der Waals surface area contributed by atoms with E-state index in [1.165, 1.54) is 37.6 Å². The summed E-state index contributed by atoms with van der Waals surface area (Å²) in [4.78, 5) is 28.9. The second-order valence-electron chi connectivity index (χ2n) is 6.22. The maximum Gasteiger partial charge on any atom is 0.274 e. The molecule has 2 aromatic carbocycles. The summed E-state index contributed by atoms with van der Waals surface area (Å²) in [7, 11) is 1.51. The number of amides is 2. The second-order valence-corrected chi connectivity index (χ2v) is 6.22. The van der Waals surface area contributed by atoms with Gasteiger partial charge < -0.3 is 15.4 Å². The molecule has 0 aliphatic heterocycles. The van der Waals surface area contributed by atoms with Gasteiger partial charge in [-0.1, -0.05) is 24.3 Å². The fourth-order valence-electron chi connectivity index (χ4n) is 2.70. The number of rotatable bonds is 7. The van der Waals surface area contributed by atoms with Gasteiger partial charge in [-0.15, -0.1) is 0 Å². The zero-order valence-corrected chi connectivity index (χ0v) is 15.8. The number of hydrogen-bond acceptors (Lipinski definition) is 4. The van der Waals surface area contributed by atoms with Crippen molar-refractivity contribution in [3.05, 3.63) is 89.5 Å². The monoisotopic (exact) mass is 393 g/mol. The van der Waals surface area contributed by atoms with Gasteiger partial charge in [0, 0.05) is 18.3 Å². The minimum atomic E-state index is -0.449. The van der Waals surface area contributed by atoms with Crippen molar-refractivity contribution in [2.75, 3.05) is 19.0 Å². The summed E-state index contributed by atoms with van der Waals surface area (Å²) < 4.78 is 18.1. The molecule has 0 spiro atoms. The Labute approximate surface area is 167 Å².